The van der Waals surface area contributed by atoms with E-state index in [4.69, 9.17) is 16.3 Å². The van der Waals surface area contributed by atoms with Gasteiger partial charge in [0, 0.05) is 5.33 Å². The Morgan fingerprint density at radius 2 is 2.29 bits per heavy atom. The van der Waals surface area contributed by atoms with Crippen molar-refractivity contribution >= 4 is 33.2 Å². The summed E-state index contributed by atoms with van der Waals surface area (Å²) in [6.45, 7) is 0. The summed E-state index contributed by atoms with van der Waals surface area (Å²) in [6.07, 6.45) is 0. The molecule has 1 aromatic rings. The van der Waals surface area contributed by atoms with E-state index in [2.05, 4.69) is 15.9 Å². The van der Waals surface area contributed by atoms with Gasteiger partial charge in [-0.25, -0.2) is 0 Å². The maximum Gasteiger partial charge on any atom is 0.278 e. The van der Waals surface area contributed by atoms with Gasteiger partial charge < -0.3 is 4.74 Å². The molecule has 0 unspecified atom stereocenters. The zero-order valence-electron chi connectivity index (χ0n) is 7.29. The monoisotopic (exact) mass is 279 g/mol. The van der Waals surface area contributed by atoms with E-state index in [1.807, 2.05) is 0 Å². The molecular weight excluding hydrogens is 273 g/mol. The molecule has 76 valence electrons. The first-order valence-electron chi connectivity index (χ1n) is 3.67. The summed E-state index contributed by atoms with van der Waals surface area (Å²) in [5, 5.41) is 11.3. The van der Waals surface area contributed by atoms with Crippen LogP contribution in [-0.2, 0) is 5.33 Å². The predicted molar refractivity (Wildman–Crippen MR) is 57.3 cm³/mol. The number of hydrogen-bond donors (Lipinski definition) is 0. The number of methoxy groups -OCH3 is 1. The fourth-order valence-electron chi connectivity index (χ4n) is 1.01. The zero-order valence-corrected chi connectivity index (χ0v) is 9.63. The van der Waals surface area contributed by atoms with Crippen LogP contribution < -0.4 is 4.74 Å². The molecule has 0 heterocycles. The van der Waals surface area contributed by atoms with Gasteiger partial charge in [-0.15, -0.1) is 0 Å². The van der Waals surface area contributed by atoms with Crippen LogP contribution in [0.15, 0.2) is 12.1 Å². The second-order valence-corrected chi connectivity index (χ2v) is 3.47. The van der Waals surface area contributed by atoms with Crippen LogP contribution in [0.4, 0.5) is 5.69 Å². The summed E-state index contributed by atoms with van der Waals surface area (Å²) < 4.78 is 4.88. The summed E-state index contributed by atoms with van der Waals surface area (Å²) in [7, 11) is 1.43. The first kappa shape index (κ1) is 11.3. The molecule has 0 radical (unpaired) electrons. The van der Waals surface area contributed by atoms with Crippen molar-refractivity contribution in [2.75, 3.05) is 7.11 Å². The van der Waals surface area contributed by atoms with Gasteiger partial charge >= 0.3 is 0 Å². The lowest BCUT2D eigenvalue weighted by atomic mass is 10.2. The molecule has 0 saturated carbocycles. The molecule has 0 N–H and O–H groups in total. The van der Waals surface area contributed by atoms with Crippen LogP contribution in [0.3, 0.4) is 0 Å². The fourth-order valence-corrected chi connectivity index (χ4v) is 2.03. The maximum atomic E-state index is 10.7. The Morgan fingerprint density at radius 3 is 2.71 bits per heavy atom. The van der Waals surface area contributed by atoms with Gasteiger partial charge in [-0.3, -0.25) is 10.1 Å². The molecule has 1 aromatic carbocycles. The molecule has 14 heavy (non-hydrogen) atoms. The van der Waals surface area contributed by atoms with Gasteiger partial charge in [0.05, 0.1) is 28.7 Å². The van der Waals surface area contributed by atoms with E-state index in [0.29, 0.717) is 21.7 Å². The van der Waals surface area contributed by atoms with Crippen LogP contribution in [0, 0.1) is 10.1 Å². The number of rotatable bonds is 3. The lowest BCUT2D eigenvalue weighted by Crippen LogP contribution is -1.95. The Bertz CT molecular complexity index is 370. The highest BCUT2D eigenvalue weighted by molar-refractivity contribution is 9.08. The molecule has 0 aliphatic carbocycles. The molecule has 0 atom stereocenters. The number of hydrogen-bond acceptors (Lipinski definition) is 3. The second-order valence-electron chi connectivity index (χ2n) is 2.50. The summed E-state index contributed by atoms with van der Waals surface area (Å²) in [5.41, 5.74) is 0.420. The summed E-state index contributed by atoms with van der Waals surface area (Å²) in [4.78, 5) is 10.2. The van der Waals surface area contributed by atoms with E-state index in [-0.39, 0.29) is 5.69 Å². The minimum absolute atomic E-state index is 0.0359. The molecule has 4 nitrogen and oxygen atoms in total. The van der Waals surface area contributed by atoms with Crippen LogP contribution in [0.1, 0.15) is 5.56 Å². The number of benzene rings is 1. The average Bonchev–Trinajstić information content (AvgIpc) is 2.16. The minimum atomic E-state index is -0.481. The maximum absolute atomic E-state index is 10.7. The Labute approximate surface area is 94.1 Å². The summed E-state index contributed by atoms with van der Waals surface area (Å²) in [5.74, 6) is 0.381. The molecular formula is C8H7BrClNO3. The number of halogens is 2. The lowest BCUT2D eigenvalue weighted by molar-refractivity contribution is -0.385. The van der Waals surface area contributed by atoms with Crippen LogP contribution in [0.5, 0.6) is 5.75 Å². The highest BCUT2D eigenvalue weighted by Gasteiger charge is 2.17. The molecule has 0 amide bonds. The molecule has 0 spiro atoms. The van der Waals surface area contributed by atoms with Gasteiger partial charge in [-0.05, 0) is 6.07 Å². The van der Waals surface area contributed by atoms with Crippen LogP contribution >= 0.6 is 27.5 Å². The van der Waals surface area contributed by atoms with Crippen molar-refractivity contribution < 1.29 is 9.66 Å². The van der Waals surface area contributed by atoms with Crippen LogP contribution in [0.2, 0.25) is 5.02 Å². The summed E-state index contributed by atoms with van der Waals surface area (Å²) >= 11 is 8.99. The highest BCUT2D eigenvalue weighted by atomic mass is 79.9. The van der Waals surface area contributed by atoms with Gasteiger partial charge in [0.25, 0.3) is 5.69 Å². The van der Waals surface area contributed by atoms with E-state index in [0.717, 1.165) is 0 Å². The number of nitro benzene ring substituents is 1. The lowest BCUT2D eigenvalue weighted by Gasteiger charge is -2.05. The Hall–Kier alpha value is -0.810. The van der Waals surface area contributed by atoms with E-state index in [1.54, 1.807) is 6.07 Å². The van der Waals surface area contributed by atoms with Crippen molar-refractivity contribution in [3.63, 3.8) is 0 Å². The number of ether oxygens (including phenoxy) is 1. The summed E-state index contributed by atoms with van der Waals surface area (Å²) in [6, 6.07) is 2.90. The topological polar surface area (TPSA) is 52.4 Å². The molecule has 0 aromatic heterocycles. The minimum Gasteiger partial charge on any atom is -0.496 e. The smallest absolute Gasteiger partial charge is 0.278 e. The van der Waals surface area contributed by atoms with Gasteiger partial charge in [-0.2, -0.15) is 0 Å². The Kier molecular flexibility index (Phi) is 3.71. The van der Waals surface area contributed by atoms with Gasteiger partial charge in [-0.1, -0.05) is 27.5 Å². The Balaban J connectivity index is 3.35. The third kappa shape index (κ3) is 2.16. The van der Waals surface area contributed by atoms with Crippen molar-refractivity contribution in [2.24, 2.45) is 0 Å². The van der Waals surface area contributed by atoms with Crippen LogP contribution in [0.25, 0.3) is 0 Å². The van der Waals surface area contributed by atoms with Gasteiger partial charge in [0.15, 0.2) is 0 Å². The van der Waals surface area contributed by atoms with Gasteiger partial charge in [0.2, 0.25) is 0 Å². The SMILES string of the molecule is COc1cc(Cl)c(CBr)c([N+](=O)[O-])c1. The molecule has 0 aliphatic rings. The second kappa shape index (κ2) is 4.61. The van der Waals surface area contributed by atoms with Crippen molar-refractivity contribution in [2.45, 2.75) is 5.33 Å². The number of nitrogens with zero attached hydrogens (tertiary/aromatic N) is 1. The van der Waals surface area contributed by atoms with E-state index in [1.165, 1.54) is 13.2 Å². The third-order valence-corrected chi connectivity index (χ3v) is 2.61. The third-order valence-electron chi connectivity index (χ3n) is 1.71. The van der Waals surface area contributed by atoms with Crippen LogP contribution in [-0.4, -0.2) is 12.0 Å². The van der Waals surface area contributed by atoms with E-state index >= 15 is 0 Å². The molecule has 0 saturated heterocycles. The van der Waals surface area contributed by atoms with Crippen molar-refractivity contribution in [3.05, 3.63) is 32.8 Å². The molecule has 0 fully saturated rings. The molecule has 6 heteroatoms. The van der Waals surface area contributed by atoms with Gasteiger partial charge in [0.1, 0.15) is 5.75 Å². The molecule has 0 bridgehead atoms. The zero-order chi connectivity index (χ0) is 10.7. The van der Waals surface area contributed by atoms with E-state index < -0.39 is 4.92 Å². The number of alkyl halides is 1. The number of nitro groups is 1. The quantitative estimate of drug-likeness (QED) is 0.485. The van der Waals surface area contributed by atoms with Crippen molar-refractivity contribution in [3.8, 4) is 5.75 Å². The standard InChI is InChI=1S/C8H7BrClNO3/c1-14-5-2-7(10)6(4-9)8(3-5)11(12)13/h2-3H,4H2,1H3. The molecule has 1 rings (SSSR count). The predicted octanol–water partition coefficient (Wildman–Crippen LogP) is 3.15. The largest absolute Gasteiger partial charge is 0.496 e. The van der Waals surface area contributed by atoms with Crippen molar-refractivity contribution in [1.29, 1.82) is 0 Å². The molecule has 0 aliphatic heterocycles. The fraction of sp³-hybridized carbons (Fsp3) is 0.250. The van der Waals surface area contributed by atoms with E-state index in [9.17, 15) is 10.1 Å². The average molecular weight is 281 g/mol. The normalized spacial score (nSPS) is 9.93. The highest BCUT2D eigenvalue weighted by Crippen LogP contribution is 2.33. The van der Waals surface area contributed by atoms with Crippen molar-refractivity contribution in [1.82, 2.24) is 0 Å². The first-order chi connectivity index (χ1) is 6.60. The first-order valence-corrected chi connectivity index (χ1v) is 5.17. The Morgan fingerprint density at radius 1 is 1.64 bits per heavy atom.